The second kappa shape index (κ2) is 6.88. The predicted molar refractivity (Wildman–Crippen MR) is 83.1 cm³/mol. The molecule has 1 N–H and O–H groups in total. The van der Waals surface area contributed by atoms with Crippen molar-refractivity contribution < 1.29 is 9.59 Å². The molecule has 5 heteroatoms. The van der Waals surface area contributed by atoms with E-state index in [1.807, 2.05) is 45.0 Å². The fourth-order valence-corrected chi connectivity index (χ4v) is 1.77. The molecule has 0 bridgehead atoms. The summed E-state index contributed by atoms with van der Waals surface area (Å²) in [7, 11) is 1.73. The molecular formula is C15H21BrN2O2. The number of halogens is 1. The van der Waals surface area contributed by atoms with Crippen LogP contribution in [0.25, 0.3) is 0 Å². The van der Waals surface area contributed by atoms with Crippen LogP contribution in [0.1, 0.15) is 26.3 Å². The average Bonchev–Trinajstić information content (AvgIpc) is 2.36. The van der Waals surface area contributed by atoms with E-state index in [4.69, 9.17) is 0 Å². The summed E-state index contributed by atoms with van der Waals surface area (Å²) in [5.41, 5.74) is 0.566. The second-order valence-corrected chi connectivity index (χ2v) is 6.72. The lowest BCUT2D eigenvalue weighted by molar-refractivity contribution is -0.134. The third-order valence-electron chi connectivity index (χ3n) is 2.84. The molecule has 0 spiro atoms. The molecule has 2 amide bonds. The molecule has 1 aromatic rings. The average molecular weight is 341 g/mol. The van der Waals surface area contributed by atoms with E-state index >= 15 is 0 Å². The SMILES string of the molecule is CN(Cc1ccc(Br)cc1)C(=O)CNC(=O)C(C)(C)C. The van der Waals surface area contributed by atoms with Crippen LogP contribution in [0, 0.1) is 5.41 Å². The topological polar surface area (TPSA) is 49.4 Å². The van der Waals surface area contributed by atoms with E-state index in [0.29, 0.717) is 6.54 Å². The Morgan fingerprint density at radius 3 is 2.25 bits per heavy atom. The van der Waals surface area contributed by atoms with Gasteiger partial charge in [0, 0.05) is 23.5 Å². The maximum atomic E-state index is 11.9. The Labute approximate surface area is 128 Å². The summed E-state index contributed by atoms with van der Waals surface area (Å²) in [6, 6.07) is 7.80. The highest BCUT2D eigenvalue weighted by Gasteiger charge is 2.22. The number of nitrogens with one attached hydrogen (secondary N) is 1. The van der Waals surface area contributed by atoms with Crippen LogP contribution < -0.4 is 5.32 Å². The second-order valence-electron chi connectivity index (χ2n) is 5.81. The van der Waals surface area contributed by atoms with Gasteiger partial charge >= 0.3 is 0 Å². The highest BCUT2D eigenvalue weighted by molar-refractivity contribution is 9.10. The van der Waals surface area contributed by atoms with Gasteiger partial charge in [-0.05, 0) is 17.7 Å². The van der Waals surface area contributed by atoms with Crippen molar-refractivity contribution in [2.75, 3.05) is 13.6 Å². The van der Waals surface area contributed by atoms with Gasteiger partial charge in [0.05, 0.1) is 6.54 Å². The van der Waals surface area contributed by atoms with E-state index < -0.39 is 5.41 Å². The standard InChI is InChI=1S/C15H21BrN2O2/c1-15(2,3)14(20)17-9-13(19)18(4)10-11-5-7-12(16)8-6-11/h5-8H,9-10H2,1-4H3,(H,17,20). The zero-order valence-corrected chi connectivity index (χ0v) is 14.0. The number of hydrogen-bond acceptors (Lipinski definition) is 2. The molecule has 4 nitrogen and oxygen atoms in total. The van der Waals surface area contributed by atoms with Crippen LogP contribution in [0.4, 0.5) is 0 Å². The normalized spacial score (nSPS) is 11.1. The van der Waals surface area contributed by atoms with Gasteiger partial charge in [0.2, 0.25) is 11.8 Å². The molecule has 0 heterocycles. The van der Waals surface area contributed by atoms with Crippen molar-refractivity contribution in [3.63, 3.8) is 0 Å². The number of benzene rings is 1. The zero-order valence-electron chi connectivity index (χ0n) is 12.4. The summed E-state index contributed by atoms with van der Waals surface area (Å²) < 4.78 is 1.01. The van der Waals surface area contributed by atoms with Gasteiger partial charge in [-0.3, -0.25) is 9.59 Å². The van der Waals surface area contributed by atoms with Crippen molar-refractivity contribution in [1.82, 2.24) is 10.2 Å². The first kappa shape index (κ1) is 16.7. The summed E-state index contributed by atoms with van der Waals surface area (Å²) in [5.74, 6) is -0.228. The molecule has 1 rings (SSSR count). The Hall–Kier alpha value is -1.36. The fourth-order valence-electron chi connectivity index (χ4n) is 1.51. The van der Waals surface area contributed by atoms with E-state index in [2.05, 4.69) is 21.2 Å². The number of rotatable bonds is 4. The molecule has 0 atom stereocenters. The van der Waals surface area contributed by atoms with Gasteiger partial charge in [-0.15, -0.1) is 0 Å². The fraction of sp³-hybridized carbons (Fsp3) is 0.467. The van der Waals surface area contributed by atoms with Gasteiger partial charge in [0.25, 0.3) is 0 Å². The predicted octanol–water partition coefficient (Wildman–Crippen LogP) is 2.57. The van der Waals surface area contributed by atoms with Crippen molar-refractivity contribution in [3.05, 3.63) is 34.3 Å². The molecule has 0 aromatic heterocycles. The van der Waals surface area contributed by atoms with Gasteiger partial charge < -0.3 is 10.2 Å². The van der Waals surface area contributed by atoms with Crippen molar-refractivity contribution in [3.8, 4) is 0 Å². The minimum absolute atomic E-state index is 0.0309. The van der Waals surface area contributed by atoms with Gasteiger partial charge in [-0.2, -0.15) is 0 Å². The van der Waals surface area contributed by atoms with Crippen LogP contribution in [-0.4, -0.2) is 30.3 Å². The highest BCUT2D eigenvalue weighted by atomic mass is 79.9. The van der Waals surface area contributed by atoms with Gasteiger partial charge in [0.1, 0.15) is 0 Å². The molecule has 0 aliphatic carbocycles. The smallest absolute Gasteiger partial charge is 0.242 e. The number of carbonyl (C=O) groups excluding carboxylic acids is 2. The Balaban J connectivity index is 2.47. The summed E-state index contributed by atoms with van der Waals surface area (Å²) in [5, 5.41) is 2.66. The van der Waals surface area contributed by atoms with E-state index in [-0.39, 0.29) is 18.4 Å². The maximum absolute atomic E-state index is 11.9. The van der Waals surface area contributed by atoms with Gasteiger partial charge in [-0.1, -0.05) is 48.8 Å². The molecule has 110 valence electrons. The molecule has 20 heavy (non-hydrogen) atoms. The van der Waals surface area contributed by atoms with E-state index in [1.165, 1.54) is 0 Å². The molecule has 0 unspecified atom stereocenters. The lowest BCUT2D eigenvalue weighted by Crippen LogP contribution is -2.42. The molecule has 1 aromatic carbocycles. The molecular weight excluding hydrogens is 320 g/mol. The quantitative estimate of drug-likeness (QED) is 0.915. The summed E-state index contributed by atoms with van der Waals surface area (Å²) in [6.45, 7) is 6.01. The van der Waals surface area contributed by atoms with Crippen LogP contribution in [0.15, 0.2) is 28.7 Å². The first-order valence-corrected chi connectivity index (χ1v) is 7.26. The Morgan fingerprint density at radius 1 is 1.20 bits per heavy atom. The van der Waals surface area contributed by atoms with Crippen LogP contribution in [0.2, 0.25) is 0 Å². The largest absolute Gasteiger partial charge is 0.347 e. The number of amides is 2. The molecule has 0 radical (unpaired) electrons. The third kappa shape index (κ3) is 5.33. The van der Waals surface area contributed by atoms with Crippen LogP contribution in [0.3, 0.4) is 0 Å². The molecule has 0 saturated heterocycles. The number of hydrogen-bond donors (Lipinski definition) is 1. The Kier molecular flexibility index (Phi) is 5.74. The minimum atomic E-state index is -0.482. The molecule has 0 aliphatic rings. The van der Waals surface area contributed by atoms with E-state index in [1.54, 1.807) is 11.9 Å². The van der Waals surface area contributed by atoms with Crippen molar-refractivity contribution >= 4 is 27.7 Å². The number of carbonyl (C=O) groups is 2. The van der Waals surface area contributed by atoms with Crippen LogP contribution in [0.5, 0.6) is 0 Å². The van der Waals surface area contributed by atoms with Crippen molar-refractivity contribution in [2.24, 2.45) is 5.41 Å². The number of likely N-dealkylation sites (N-methyl/N-ethyl adjacent to an activating group) is 1. The van der Waals surface area contributed by atoms with Crippen molar-refractivity contribution in [1.29, 1.82) is 0 Å². The van der Waals surface area contributed by atoms with Crippen molar-refractivity contribution in [2.45, 2.75) is 27.3 Å². The first-order valence-electron chi connectivity index (χ1n) is 6.47. The molecule has 0 aliphatic heterocycles. The van der Waals surface area contributed by atoms with Gasteiger partial charge in [-0.25, -0.2) is 0 Å². The van der Waals surface area contributed by atoms with Crippen LogP contribution >= 0.6 is 15.9 Å². The lowest BCUT2D eigenvalue weighted by atomic mass is 9.96. The minimum Gasteiger partial charge on any atom is -0.347 e. The van der Waals surface area contributed by atoms with E-state index in [0.717, 1.165) is 10.0 Å². The highest BCUT2D eigenvalue weighted by Crippen LogP contribution is 2.13. The van der Waals surface area contributed by atoms with Gasteiger partial charge in [0.15, 0.2) is 0 Å². The number of nitrogens with zero attached hydrogens (tertiary/aromatic N) is 1. The Morgan fingerprint density at radius 2 is 1.75 bits per heavy atom. The summed E-state index contributed by atoms with van der Waals surface area (Å²) in [4.78, 5) is 25.3. The Bertz CT molecular complexity index is 478. The lowest BCUT2D eigenvalue weighted by Gasteiger charge is -2.21. The maximum Gasteiger partial charge on any atom is 0.242 e. The summed E-state index contributed by atoms with van der Waals surface area (Å²) in [6.07, 6.45) is 0. The monoisotopic (exact) mass is 340 g/mol. The first-order chi connectivity index (χ1) is 9.20. The van der Waals surface area contributed by atoms with Crippen LogP contribution in [-0.2, 0) is 16.1 Å². The zero-order chi connectivity index (χ0) is 15.3. The third-order valence-corrected chi connectivity index (χ3v) is 3.37. The summed E-state index contributed by atoms with van der Waals surface area (Å²) >= 11 is 3.37. The van der Waals surface area contributed by atoms with E-state index in [9.17, 15) is 9.59 Å². The molecule has 0 fully saturated rings. The molecule has 0 saturated carbocycles.